The van der Waals surface area contributed by atoms with Crippen LogP contribution in [0.1, 0.15) is 24.1 Å². The van der Waals surface area contributed by atoms with Crippen LogP contribution in [0.5, 0.6) is 0 Å². The van der Waals surface area contributed by atoms with Crippen LogP contribution in [0.3, 0.4) is 0 Å². The molecule has 0 saturated heterocycles. The number of amides is 1. The van der Waals surface area contributed by atoms with Gasteiger partial charge in [-0.15, -0.1) is 0 Å². The Morgan fingerprint density at radius 1 is 1.10 bits per heavy atom. The summed E-state index contributed by atoms with van der Waals surface area (Å²) in [5.41, 5.74) is 2.08. The van der Waals surface area contributed by atoms with E-state index in [-0.39, 0.29) is 18.5 Å². The van der Waals surface area contributed by atoms with E-state index in [1.165, 1.54) is 0 Å². The summed E-state index contributed by atoms with van der Waals surface area (Å²) in [6.07, 6.45) is 0. The van der Waals surface area contributed by atoms with Crippen LogP contribution in [0.25, 0.3) is 0 Å². The fourth-order valence-electron chi connectivity index (χ4n) is 2.00. The average molecular weight is 303 g/mol. The number of nitrogens with one attached hydrogen (secondary N) is 2. The first-order valence-corrected chi connectivity index (χ1v) is 7.33. The number of halogens is 1. The van der Waals surface area contributed by atoms with E-state index < -0.39 is 0 Å². The van der Waals surface area contributed by atoms with Crippen molar-refractivity contribution in [1.29, 1.82) is 0 Å². The van der Waals surface area contributed by atoms with E-state index in [4.69, 9.17) is 11.6 Å². The molecule has 0 heterocycles. The van der Waals surface area contributed by atoms with Gasteiger partial charge in [0.25, 0.3) is 0 Å². The summed E-state index contributed by atoms with van der Waals surface area (Å²) < 4.78 is 0. The molecule has 0 aromatic heterocycles. The second-order valence-corrected chi connectivity index (χ2v) is 5.29. The number of benzene rings is 2. The van der Waals surface area contributed by atoms with E-state index in [1.807, 2.05) is 61.5 Å². The van der Waals surface area contributed by atoms with Gasteiger partial charge in [-0.25, -0.2) is 0 Å². The molecule has 0 saturated carbocycles. The molecule has 0 radical (unpaired) electrons. The van der Waals surface area contributed by atoms with Crippen LogP contribution in [0, 0.1) is 0 Å². The molecule has 2 aromatic rings. The zero-order chi connectivity index (χ0) is 15.1. The molecule has 0 unspecified atom stereocenters. The lowest BCUT2D eigenvalue weighted by atomic mass is 10.1. The molecule has 0 aliphatic carbocycles. The van der Waals surface area contributed by atoms with Gasteiger partial charge >= 0.3 is 0 Å². The minimum Gasteiger partial charge on any atom is -0.351 e. The van der Waals surface area contributed by atoms with Gasteiger partial charge in [-0.05, 0) is 24.1 Å². The predicted octanol–water partition coefficient (Wildman–Crippen LogP) is 3.31. The zero-order valence-corrected chi connectivity index (χ0v) is 12.7. The van der Waals surface area contributed by atoms with E-state index in [0.29, 0.717) is 11.6 Å². The van der Waals surface area contributed by atoms with Crippen molar-refractivity contribution in [1.82, 2.24) is 10.6 Å². The molecule has 0 aliphatic rings. The molecule has 3 nitrogen and oxygen atoms in total. The summed E-state index contributed by atoms with van der Waals surface area (Å²) in [5.74, 6) is -0.0438. The number of carbonyl (C=O) groups is 1. The first kappa shape index (κ1) is 15.5. The van der Waals surface area contributed by atoms with Crippen molar-refractivity contribution in [3.63, 3.8) is 0 Å². The Hall–Kier alpha value is -1.84. The summed E-state index contributed by atoms with van der Waals surface area (Å²) >= 11 is 6.05. The zero-order valence-electron chi connectivity index (χ0n) is 12.0. The maximum Gasteiger partial charge on any atom is 0.234 e. The standard InChI is InChI=1S/C17H19ClN2O/c1-13(14-7-3-2-4-8-14)19-12-17(21)20-11-15-9-5-6-10-16(15)18/h2-10,13,19H,11-12H2,1H3,(H,20,21)/t13-/m0/s1. The normalized spacial score (nSPS) is 11.9. The van der Waals surface area contributed by atoms with Crippen molar-refractivity contribution in [3.05, 3.63) is 70.7 Å². The van der Waals surface area contributed by atoms with E-state index in [1.54, 1.807) is 0 Å². The molecular formula is C17H19ClN2O. The molecule has 2 rings (SSSR count). The maximum atomic E-state index is 11.8. The topological polar surface area (TPSA) is 41.1 Å². The van der Waals surface area contributed by atoms with Crippen LogP contribution in [-0.4, -0.2) is 12.5 Å². The largest absolute Gasteiger partial charge is 0.351 e. The van der Waals surface area contributed by atoms with Gasteiger partial charge in [-0.2, -0.15) is 0 Å². The van der Waals surface area contributed by atoms with Crippen LogP contribution in [-0.2, 0) is 11.3 Å². The van der Waals surface area contributed by atoms with Gasteiger partial charge < -0.3 is 10.6 Å². The van der Waals surface area contributed by atoms with Crippen molar-refractivity contribution < 1.29 is 4.79 Å². The summed E-state index contributed by atoms with van der Waals surface area (Å²) in [6.45, 7) is 2.76. The van der Waals surface area contributed by atoms with Crippen molar-refractivity contribution in [2.45, 2.75) is 19.5 Å². The smallest absolute Gasteiger partial charge is 0.234 e. The van der Waals surface area contributed by atoms with Crippen molar-refractivity contribution in [2.24, 2.45) is 0 Å². The highest BCUT2D eigenvalue weighted by atomic mass is 35.5. The average Bonchev–Trinajstić information content (AvgIpc) is 2.52. The molecule has 0 bridgehead atoms. The Morgan fingerprint density at radius 2 is 1.76 bits per heavy atom. The number of carbonyl (C=O) groups excluding carboxylic acids is 1. The minimum atomic E-state index is -0.0438. The second-order valence-electron chi connectivity index (χ2n) is 4.88. The monoisotopic (exact) mass is 302 g/mol. The van der Waals surface area contributed by atoms with Crippen molar-refractivity contribution >= 4 is 17.5 Å². The van der Waals surface area contributed by atoms with Gasteiger partial charge in [0, 0.05) is 17.6 Å². The van der Waals surface area contributed by atoms with Gasteiger partial charge in [0.05, 0.1) is 6.54 Å². The summed E-state index contributed by atoms with van der Waals surface area (Å²) in [7, 11) is 0. The first-order chi connectivity index (χ1) is 10.2. The first-order valence-electron chi connectivity index (χ1n) is 6.95. The third-order valence-corrected chi connectivity index (χ3v) is 3.67. The van der Waals surface area contributed by atoms with Crippen molar-refractivity contribution in [3.8, 4) is 0 Å². The number of hydrogen-bond acceptors (Lipinski definition) is 2. The predicted molar refractivity (Wildman–Crippen MR) is 86.2 cm³/mol. The van der Waals surface area contributed by atoms with Gasteiger partial charge in [0.1, 0.15) is 0 Å². The molecule has 4 heteroatoms. The molecule has 0 spiro atoms. The van der Waals surface area contributed by atoms with E-state index in [2.05, 4.69) is 10.6 Å². The van der Waals surface area contributed by atoms with Gasteiger partial charge in [0.15, 0.2) is 0 Å². The molecule has 1 atom stereocenters. The van der Waals surface area contributed by atoms with Gasteiger partial charge in [-0.3, -0.25) is 4.79 Å². The van der Waals surface area contributed by atoms with Gasteiger partial charge in [-0.1, -0.05) is 60.1 Å². The van der Waals surface area contributed by atoms with Crippen LogP contribution in [0.15, 0.2) is 54.6 Å². The second kappa shape index (κ2) is 7.81. The Balaban J connectivity index is 1.76. The molecule has 2 aromatic carbocycles. The van der Waals surface area contributed by atoms with Crippen LogP contribution in [0.4, 0.5) is 0 Å². The molecule has 1 amide bonds. The summed E-state index contributed by atoms with van der Waals surface area (Å²) in [5, 5.41) is 6.74. The Kier molecular flexibility index (Phi) is 5.78. The highest BCUT2D eigenvalue weighted by Gasteiger charge is 2.07. The lowest BCUT2D eigenvalue weighted by molar-refractivity contribution is -0.120. The van der Waals surface area contributed by atoms with Crippen LogP contribution >= 0.6 is 11.6 Å². The molecule has 2 N–H and O–H groups in total. The number of hydrogen-bond donors (Lipinski definition) is 2. The Bertz CT molecular complexity index is 586. The minimum absolute atomic E-state index is 0.0438. The lowest BCUT2D eigenvalue weighted by Crippen LogP contribution is -2.34. The molecule has 0 aliphatic heterocycles. The molecule has 21 heavy (non-hydrogen) atoms. The summed E-state index contributed by atoms with van der Waals surface area (Å²) in [4.78, 5) is 11.8. The fourth-order valence-corrected chi connectivity index (χ4v) is 2.21. The molecular weight excluding hydrogens is 284 g/mol. The molecule has 110 valence electrons. The lowest BCUT2D eigenvalue weighted by Gasteiger charge is -2.14. The third-order valence-electron chi connectivity index (χ3n) is 3.30. The van der Waals surface area contributed by atoms with E-state index >= 15 is 0 Å². The van der Waals surface area contributed by atoms with Crippen LogP contribution in [0.2, 0.25) is 5.02 Å². The van der Waals surface area contributed by atoms with E-state index in [0.717, 1.165) is 11.1 Å². The summed E-state index contributed by atoms with van der Waals surface area (Å²) in [6, 6.07) is 17.7. The van der Waals surface area contributed by atoms with Crippen LogP contribution < -0.4 is 10.6 Å². The highest BCUT2D eigenvalue weighted by molar-refractivity contribution is 6.31. The van der Waals surface area contributed by atoms with Gasteiger partial charge in [0.2, 0.25) is 5.91 Å². The van der Waals surface area contributed by atoms with Crippen molar-refractivity contribution in [2.75, 3.05) is 6.54 Å². The quantitative estimate of drug-likeness (QED) is 0.859. The third kappa shape index (κ3) is 4.88. The Morgan fingerprint density at radius 3 is 2.48 bits per heavy atom. The maximum absolute atomic E-state index is 11.8. The van der Waals surface area contributed by atoms with E-state index in [9.17, 15) is 4.79 Å². The number of rotatable bonds is 6. The SMILES string of the molecule is C[C@H](NCC(=O)NCc1ccccc1Cl)c1ccccc1. The molecule has 0 fully saturated rings. The Labute approximate surface area is 130 Å². The highest BCUT2D eigenvalue weighted by Crippen LogP contribution is 2.14. The fraction of sp³-hybridized carbons (Fsp3) is 0.235.